The van der Waals surface area contributed by atoms with Gasteiger partial charge in [-0.1, -0.05) is 90.8 Å². The first-order valence-electron chi connectivity index (χ1n) is 16.6. The SMILES string of the molecule is CC(=O)[CH-]C(=O)c1ccccc1.CC(=O)[CH-]C(=O)c1ccccc1.CC1(C)C2CCC1(C)C([O-])C2.CC1(C)C2CCC1(C)C([O-])C2.[Ti]. The Labute approximate surface area is 297 Å². The van der Waals surface area contributed by atoms with Crippen LogP contribution in [-0.4, -0.2) is 35.3 Å². The maximum Gasteiger partial charge on any atom is 0.0768 e. The normalized spacial score (nSPS) is 29.7. The molecule has 0 amide bonds. The van der Waals surface area contributed by atoms with Crippen molar-refractivity contribution < 1.29 is 51.1 Å². The third-order valence-corrected chi connectivity index (χ3v) is 12.2. The van der Waals surface area contributed by atoms with Crippen molar-refractivity contribution in [2.24, 2.45) is 33.5 Å². The second-order valence-corrected chi connectivity index (χ2v) is 15.2. The van der Waals surface area contributed by atoms with Crippen LogP contribution in [0.25, 0.3) is 0 Å². The first kappa shape index (κ1) is 40.7. The van der Waals surface area contributed by atoms with Crippen LogP contribution in [0.3, 0.4) is 0 Å². The Morgan fingerprint density at radius 1 is 0.596 bits per heavy atom. The molecule has 47 heavy (non-hydrogen) atoms. The van der Waals surface area contributed by atoms with Crippen molar-refractivity contribution in [2.75, 3.05) is 0 Å². The summed E-state index contributed by atoms with van der Waals surface area (Å²) < 4.78 is 0. The predicted octanol–water partition coefficient (Wildman–Crippen LogP) is 6.45. The van der Waals surface area contributed by atoms with E-state index in [4.69, 9.17) is 0 Å². The van der Waals surface area contributed by atoms with Gasteiger partial charge < -0.3 is 29.4 Å². The molecule has 6 atom stereocenters. The molecular weight excluding hydrogens is 624 g/mol. The van der Waals surface area contributed by atoms with Gasteiger partial charge in [0.25, 0.3) is 0 Å². The fourth-order valence-corrected chi connectivity index (χ4v) is 8.00. The van der Waals surface area contributed by atoms with Crippen molar-refractivity contribution in [3.63, 3.8) is 0 Å². The van der Waals surface area contributed by atoms with Gasteiger partial charge in [-0.25, -0.2) is 0 Å². The maximum absolute atomic E-state index is 11.7. The van der Waals surface area contributed by atoms with Gasteiger partial charge in [-0.2, -0.15) is 0 Å². The Balaban J connectivity index is 0.000000216. The molecule has 0 radical (unpaired) electrons. The van der Waals surface area contributed by atoms with E-state index >= 15 is 0 Å². The monoisotopic (exact) mass is 676 g/mol. The average Bonchev–Trinajstić information content (AvgIpc) is 3.50. The quantitative estimate of drug-likeness (QED) is 0.151. The van der Waals surface area contributed by atoms with E-state index in [1.165, 1.54) is 39.5 Å². The molecule has 0 heterocycles. The largest absolute Gasteiger partial charge is 0.852 e. The Kier molecular flexibility index (Phi) is 14.1. The van der Waals surface area contributed by atoms with Crippen molar-refractivity contribution >= 4 is 23.1 Å². The van der Waals surface area contributed by atoms with Crippen molar-refractivity contribution in [3.8, 4) is 0 Å². The van der Waals surface area contributed by atoms with E-state index in [-0.39, 0.29) is 67.9 Å². The number of ketones is 4. The minimum Gasteiger partial charge on any atom is -0.852 e. The zero-order valence-electron chi connectivity index (χ0n) is 29.4. The first-order valence-corrected chi connectivity index (χ1v) is 16.6. The molecule has 4 bridgehead atoms. The van der Waals surface area contributed by atoms with Crippen molar-refractivity contribution in [3.05, 3.63) is 84.6 Å². The van der Waals surface area contributed by atoms with Gasteiger partial charge >= 0.3 is 0 Å². The van der Waals surface area contributed by atoms with E-state index < -0.39 is 0 Å². The van der Waals surface area contributed by atoms with Gasteiger partial charge in [-0.15, -0.1) is 60.4 Å². The van der Waals surface area contributed by atoms with E-state index in [1.807, 2.05) is 12.1 Å². The van der Waals surface area contributed by atoms with E-state index in [9.17, 15) is 29.4 Å². The van der Waals surface area contributed by atoms with Gasteiger partial charge in [0, 0.05) is 33.3 Å². The van der Waals surface area contributed by atoms with Crippen molar-refractivity contribution in [1.82, 2.24) is 0 Å². The van der Waals surface area contributed by atoms with Crippen LogP contribution in [0.1, 0.15) is 115 Å². The van der Waals surface area contributed by atoms with E-state index in [0.29, 0.717) is 22.0 Å². The number of rotatable bonds is 6. The minimum absolute atomic E-state index is 0. The summed E-state index contributed by atoms with van der Waals surface area (Å²) in [5.74, 6) is 0.531. The number of Topliss-reactive ketones (excluding diaryl/α,β-unsaturated/α-hetero) is 4. The number of hydrogen-bond donors (Lipinski definition) is 0. The number of benzene rings is 2. The molecule has 2 aromatic rings. The summed E-state index contributed by atoms with van der Waals surface area (Å²) in [4.78, 5) is 43.5. The summed E-state index contributed by atoms with van der Waals surface area (Å²) in [6.07, 6.45) is 8.41. The number of fused-ring (bicyclic) bond motifs is 4. The number of carbonyl (C=O) groups excluding carboxylic acids is 4. The molecule has 4 aliphatic rings. The average molecular weight is 677 g/mol. The zero-order chi connectivity index (χ0) is 34.5. The Hall–Kier alpha value is -2.51. The predicted molar refractivity (Wildman–Crippen MR) is 178 cm³/mol. The van der Waals surface area contributed by atoms with Crippen LogP contribution in [-0.2, 0) is 31.3 Å². The van der Waals surface area contributed by atoms with Crippen LogP contribution >= 0.6 is 0 Å². The van der Waals surface area contributed by atoms with Crippen molar-refractivity contribution in [2.45, 2.75) is 106 Å². The standard InChI is InChI=1S/2C10H9O2.2C10H17O.Ti/c2*1-8(11)7-10(12)9-5-3-2-4-6-9;2*1-9(2)7-4-5-10(9,3)8(11)6-7;/h2*2-7H,1H3;2*7-8H,4-6H2,1-3H3;/q4*-1;. The third kappa shape index (κ3) is 8.95. The fraction of sp³-hybridized carbons (Fsp3) is 0.550. The van der Waals surface area contributed by atoms with Crippen molar-refractivity contribution in [1.29, 1.82) is 0 Å². The minimum atomic E-state index is -0.281. The van der Waals surface area contributed by atoms with Crippen LogP contribution in [0.5, 0.6) is 0 Å². The molecule has 0 saturated heterocycles. The molecule has 0 spiro atoms. The van der Waals surface area contributed by atoms with Gasteiger partial charge in [0.1, 0.15) is 0 Å². The zero-order valence-corrected chi connectivity index (χ0v) is 31.0. The molecule has 6 rings (SSSR count). The molecule has 4 aliphatic carbocycles. The van der Waals surface area contributed by atoms with Gasteiger partial charge in [-0.05, 0) is 73.0 Å². The molecule has 7 heteroatoms. The van der Waals surface area contributed by atoms with Crippen LogP contribution < -0.4 is 10.2 Å². The molecule has 4 saturated carbocycles. The molecule has 0 aromatic heterocycles. The van der Waals surface area contributed by atoms with E-state index in [1.54, 1.807) is 48.5 Å². The molecule has 6 unspecified atom stereocenters. The summed E-state index contributed by atoms with van der Waals surface area (Å²) >= 11 is 0. The van der Waals surface area contributed by atoms with Gasteiger partial charge in [0.2, 0.25) is 0 Å². The van der Waals surface area contributed by atoms with E-state index in [2.05, 4.69) is 41.5 Å². The first-order chi connectivity index (χ1) is 21.4. The Morgan fingerprint density at radius 3 is 1.06 bits per heavy atom. The van der Waals surface area contributed by atoms with Gasteiger partial charge in [0.15, 0.2) is 0 Å². The number of hydrogen-bond acceptors (Lipinski definition) is 6. The Morgan fingerprint density at radius 2 is 0.894 bits per heavy atom. The van der Waals surface area contributed by atoms with Gasteiger partial charge in [-0.3, -0.25) is 0 Å². The van der Waals surface area contributed by atoms with Crippen LogP contribution in [0.4, 0.5) is 0 Å². The fourth-order valence-electron chi connectivity index (χ4n) is 8.00. The summed E-state index contributed by atoms with van der Waals surface area (Å²) in [6, 6.07) is 17.4. The molecule has 0 N–H and O–H groups in total. The number of carbonyl (C=O) groups is 4. The molecular formula is C40H52O6Ti-4. The maximum atomic E-state index is 11.7. The van der Waals surface area contributed by atoms with Crippen LogP contribution in [0.2, 0.25) is 0 Å². The van der Waals surface area contributed by atoms with Gasteiger partial charge in [0.05, 0.1) is 11.6 Å². The summed E-state index contributed by atoms with van der Waals surface area (Å²) in [5.41, 5.74) is 1.95. The molecule has 4 fully saturated rings. The second-order valence-electron chi connectivity index (χ2n) is 15.2. The van der Waals surface area contributed by atoms with Crippen LogP contribution in [0.15, 0.2) is 60.7 Å². The summed E-state index contributed by atoms with van der Waals surface area (Å²) in [6.45, 7) is 16.2. The molecule has 0 aliphatic heterocycles. The Bertz CT molecular complexity index is 1260. The van der Waals surface area contributed by atoms with E-state index in [0.717, 1.165) is 37.5 Å². The molecule has 256 valence electrons. The second kappa shape index (κ2) is 16.3. The molecule has 2 aromatic carbocycles. The summed E-state index contributed by atoms with van der Waals surface area (Å²) in [7, 11) is 0. The third-order valence-electron chi connectivity index (χ3n) is 12.2. The summed E-state index contributed by atoms with van der Waals surface area (Å²) in [5, 5.41) is 23.3. The van der Waals surface area contributed by atoms with Crippen LogP contribution in [0, 0.1) is 46.3 Å². The smallest absolute Gasteiger partial charge is 0.0768 e. The molecule has 6 nitrogen and oxygen atoms in total. The topological polar surface area (TPSA) is 114 Å².